The van der Waals surface area contributed by atoms with Gasteiger partial charge >= 0.3 is 5.82 Å². The molecule has 0 aliphatic carbocycles. The number of nitrogens with zero attached hydrogens (tertiary/aromatic N) is 4. The Hall–Kier alpha value is -2.00. The van der Waals surface area contributed by atoms with Gasteiger partial charge in [0.1, 0.15) is 6.20 Å². The van der Waals surface area contributed by atoms with Crippen LogP contribution in [-0.2, 0) is 11.8 Å². The van der Waals surface area contributed by atoms with Crippen LogP contribution in [0.5, 0.6) is 0 Å². The summed E-state index contributed by atoms with van der Waals surface area (Å²) >= 11 is 3.02. The van der Waals surface area contributed by atoms with Gasteiger partial charge in [-0.3, -0.25) is 0 Å². The zero-order valence-electron chi connectivity index (χ0n) is 13.1. The number of rotatable bonds is 5. The molecule has 0 fully saturated rings. The highest BCUT2D eigenvalue weighted by molar-refractivity contribution is 7.15. The molecule has 122 valence electrons. The Morgan fingerprint density at radius 1 is 1.35 bits per heavy atom. The highest BCUT2D eigenvalue weighted by atomic mass is 32.1. The van der Waals surface area contributed by atoms with Crippen molar-refractivity contribution in [3.8, 4) is 0 Å². The van der Waals surface area contributed by atoms with E-state index in [2.05, 4.69) is 36.1 Å². The van der Waals surface area contributed by atoms with E-state index in [9.17, 15) is 10.1 Å². The lowest BCUT2D eigenvalue weighted by Gasteiger charge is -2.13. The average Bonchev–Trinajstić information content (AvgIpc) is 3.11. The summed E-state index contributed by atoms with van der Waals surface area (Å²) in [4.78, 5) is 20.4. The smallest absolute Gasteiger partial charge is 0.363 e. The summed E-state index contributed by atoms with van der Waals surface area (Å²) in [6.07, 6.45) is 2.36. The Morgan fingerprint density at radius 2 is 2.13 bits per heavy atom. The second-order valence-electron chi connectivity index (χ2n) is 6.17. The van der Waals surface area contributed by atoms with E-state index >= 15 is 0 Å². The fourth-order valence-corrected chi connectivity index (χ4v) is 3.79. The van der Waals surface area contributed by atoms with Crippen LogP contribution < -0.4 is 5.32 Å². The Bertz CT molecular complexity index is 843. The van der Waals surface area contributed by atoms with Crippen LogP contribution in [0, 0.1) is 10.1 Å². The quantitative estimate of drug-likeness (QED) is 0.559. The van der Waals surface area contributed by atoms with Gasteiger partial charge in [-0.25, -0.2) is 4.98 Å². The van der Waals surface area contributed by atoms with Crippen LogP contribution >= 0.6 is 22.7 Å². The number of nitro groups is 1. The molecule has 0 bridgehead atoms. The van der Waals surface area contributed by atoms with Gasteiger partial charge in [0.25, 0.3) is 4.96 Å². The van der Waals surface area contributed by atoms with E-state index in [0.29, 0.717) is 23.7 Å². The van der Waals surface area contributed by atoms with Crippen LogP contribution in [0.25, 0.3) is 4.96 Å². The van der Waals surface area contributed by atoms with Gasteiger partial charge < -0.3 is 15.4 Å². The lowest BCUT2D eigenvalue weighted by Crippen LogP contribution is -2.11. The fourth-order valence-electron chi connectivity index (χ4n) is 2.14. The molecular weight excluding hydrogens is 334 g/mol. The number of anilines is 1. The molecule has 3 aromatic rings. The van der Waals surface area contributed by atoms with Crippen LogP contribution in [0.2, 0.25) is 0 Å². The van der Waals surface area contributed by atoms with Crippen molar-refractivity contribution in [2.24, 2.45) is 0 Å². The van der Waals surface area contributed by atoms with Crippen LogP contribution in [0.15, 0.2) is 17.0 Å². The minimum atomic E-state index is -0.407. The zero-order chi connectivity index (χ0) is 16.6. The molecule has 0 spiro atoms. The largest absolute Gasteiger partial charge is 0.372 e. The van der Waals surface area contributed by atoms with Gasteiger partial charge in [0, 0.05) is 29.1 Å². The molecule has 7 nitrogen and oxygen atoms in total. The molecule has 0 atom stereocenters. The molecule has 3 heterocycles. The molecule has 0 aliphatic rings. The maximum Gasteiger partial charge on any atom is 0.372 e. The first-order valence-corrected chi connectivity index (χ1v) is 8.91. The van der Waals surface area contributed by atoms with E-state index < -0.39 is 4.92 Å². The summed E-state index contributed by atoms with van der Waals surface area (Å²) in [7, 11) is 0. The zero-order valence-corrected chi connectivity index (χ0v) is 14.7. The highest BCUT2D eigenvalue weighted by Crippen LogP contribution is 2.28. The molecule has 0 radical (unpaired) electrons. The summed E-state index contributed by atoms with van der Waals surface area (Å²) in [6.45, 7) is 6.96. The monoisotopic (exact) mass is 351 g/mol. The molecular formula is C14H17N5O2S2. The molecule has 1 N–H and O–H groups in total. The topological polar surface area (TPSA) is 85.4 Å². The van der Waals surface area contributed by atoms with E-state index in [4.69, 9.17) is 0 Å². The predicted octanol–water partition coefficient (Wildman–Crippen LogP) is 3.71. The van der Waals surface area contributed by atoms with Gasteiger partial charge in [0.15, 0.2) is 0 Å². The lowest BCUT2D eigenvalue weighted by molar-refractivity contribution is -0.389. The Balaban J connectivity index is 1.69. The molecule has 0 aromatic carbocycles. The van der Waals surface area contributed by atoms with Crippen LogP contribution in [0.1, 0.15) is 31.5 Å². The van der Waals surface area contributed by atoms with E-state index in [1.54, 1.807) is 22.9 Å². The van der Waals surface area contributed by atoms with Crippen molar-refractivity contribution >= 4 is 39.3 Å². The molecule has 0 saturated carbocycles. The number of fused-ring (bicyclic) bond motifs is 1. The van der Waals surface area contributed by atoms with Crippen LogP contribution in [-0.4, -0.2) is 25.8 Å². The third-order valence-corrected chi connectivity index (χ3v) is 5.35. The number of aromatic nitrogens is 3. The average molecular weight is 351 g/mol. The first-order chi connectivity index (χ1) is 10.9. The molecule has 3 aromatic heterocycles. The summed E-state index contributed by atoms with van der Waals surface area (Å²) in [5.41, 5.74) is 1.04. The maximum absolute atomic E-state index is 11.2. The lowest BCUT2D eigenvalue weighted by atomic mass is 9.98. The van der Waals surface area contributed by atoms with E-state index in [0.717, 1.165) is 10.7 Å². The second kappa shape index (κ2) is 5.89. The third kappa shape index (κ3) is 3.20. The van der Waals surface area contributed by atoms with Gasteiger partial charge in [-0.1, -0.05) is 32.1 Å². The summed E-state index contributed by atoms with van der Waals surface area (Å²) in [6, 6.07) is 0. The van der Waals surface area contributed by atoms with Crippen molar-refractivity contribution in [2.75, 3.05) is 11.9 Å². The first kappa shape index (κ1) is 15.9. The minimum Gasteiger partial charge on any atom is -0.363 e. The van der Waals surface area contributed by atoms with Gasteiger partial charge in [-0.2, -0.15) is 9.38 Å². The normalized spacial score (nSPS) is 12.0. The minimum absolute atomic E-state index is 0.0186. The van der Waals surface area contributed by atoms with Crippen LogP contribution in [0.4, 0.5) is 11.6 Å². The standard InChI is InChI=1S/C14H17N5O2S2/c1-14(2,3)12-16-9(8-23-12)4-5-15-10-11(19(20)21)18-6-7-22-13(18)17-10/h6-8,15H,4-5H2,1-3H3. The van der Waals surface area contributed by atoms with Gasteiger partial charge in [-0.15, -0.1) is 11.3 Å². The van der Waals surface area contributed by atoms with Crippen molar-refractivity contribution in [1.29, 1.82) is 0 Å². The highest BCUT2D eigenvalue weighted by Gasteiger charge is 2.23. The number of nitrogens with one attached hydrogen (secondary N) is 1. The predicted molar refractivity (Wildman–Crippen MR) is 92.7 cm³/mol. The van der Waals surface area contributed by atoms with Crippen molar-refractivity contribution in [1.82, 2.24) is 14.4 Å². The Labute approximate surface area is 141 Å². The second-order valence-corrected chi connectivity index (χ2v) is 7.90. The molecule has 0 unspecified atom stereocenters. The van der Waals surface area contributed by atoms with E-state index in [1.165, 1.54) is 15.7 Å². The molecule has 9 heteroatoms. The molecule has 3 rings (SSSR count). The summed E-state index contributed by atoms with van der Waals surface area (Å²) < 4.78 is 1.49. The van der Waals surface area contributed by atoms with Crippen molar-refractivity contribution in [3.63, 3.8) is 0 Å². The van der Waals surface area contributed by atoms with Crippen molar-refractivity contribution in [2.45, 2.75) is 32.6 Å². The number of hydrogen-bond donors (Lipinski definition) is 1. The Morgan fingerprint density at radius 3 is 2.78 bits per heavy atom. The van der Waals surface area contributed by atoms with Crippen molar-refractivity contribution < 1.29 is 4.92 Å². The first-order valence-electron chi connectivity index (χ1n) is 7.15. The molecule has 0 saturated heterocycles. The van der Waals surface area contributed by atoms with Crippen molar-refractivity contribution in [3.05, 3.63) is 37.8 Å². The number of thiazole rings is 2. The van der Waals surface area contributed by atoms with E-state index in [-0.39, 0.29) is 11.2 Å². The van der Waals surface area contributed by atoms with E-state index in [1.807, 2.05) is 5.38 Å². The fraction of sp³-hybridized carbons (Fsp3) is 0.429. The van der Waals surface area contributed by atoms with Crippen LogP contribution in [0.3, 0.4) is 0 Å². The van der Waals surface area contributed by atoms with Gasteiger partial charge in [0.2, 0.25) is 5.82 Å². The summed E-state index contributed by atoms with van der Waals surface area (Å²) in [5.74, 6) is 0.294. The Kier molecular flexibility index (Phi) is 4.07. The molecule has 23 heavy (non-hydrogen) atoms. The molecule has 0 aliphatic heterocycles. The van der Waals surface area contributed by atoms with Gasteiger partial charge in [0.05, 0.1) is 10.7 Å². The van der Waals surface area contributed by atoms with Gasteiger partial charge in [-0.05, 0) is 4.92 Å². The number of hydrogen-bond acceptors (Lipinski definition) is 7. The maximum atomic E-state index is 11.2. The number of imidazole rings is 1. The molecule has 0 amide bonds. The summed E-state index contributed by atoms with van der Waals surface area (Å²) in [5, 5.41) is 19.2. The third-order valence-electron chi connectivity index (χ3n) is 3.28. The SMILES string of the molecule is CC(C)(C)c1nc(CCNc2nc3sccn3c2[N+](=O)[O-])cs1.